The van der Waals surface area contributed by atoms with Gasteiger partial charge in [-0.1, -0.05) is 13.8 Å². The molecule has 0 amide bonds. The number of carboxylic acid groups (broad SMARTS) is 1. The molecule has 0 bridgehead atoms. The first-order valence-corrected chi connectivity index (χ1v) is 13.0. The summed E-state index contributed by atoms with van der Waals surface area (Å²) in [4.78, 5) is 24.0. The number of pyridine rings is 2. The Bertz CT molecular complexity index is 1080. The second-order valence-corrected chi connectivity index (χ2v) is 11.1. The van der Waals surface area contributed by atoms with Gasteiger partial charge in [-0.3, -0.25) is 9.97 Å². The van der Waals surface area contributed by atoms with Crippen molar-refractivity contribution in [3.05, 3.63) is 35.8 Å². The van der Waals surface area contributed by atoms with Crippen molar-refractivity contribution >= 4 is 11.7 Å². The minimum Gasteiger partial charge on any atom is -0.492 e. The van der Waals surface area contributed by atoms with Crippen LogP contribution in [0.5, 0.6) is 5.75 Å². The van der Waals surface area contributed by atoms with E-state index in [1.54, 1.807) is 12.4 Å². The first-order chi connectivity index (χ1) is 17.5. The molecule has 1 N–H and O–H groups in total. The number of rotatable bonds is 8. The lowest BCUT2D eigenvalue weighted by atomic mass is 9.95. The Kier molecular flexibility index (Phi) is 8.06. The summed E-state index contributed by atoms with van der Waals surface area (Å²) < 4.78 is 23.8. The Labute approximate surface area is 219 Å². The highest BCUT2D eigenvalue weighted by Gasteiger charge is 2.42. The number of hydrogen-bond donors (Lipinski definition) is 1. The molecule has 2 aromatic heterocycles. The third-order valence-corrected chi connectivity index (χ3v) is 6.50. The number of piperidine rings is 1. The van der Waals surface area contributed by atoms with E-state index >= 15 is 0 Å². The van der Waals surface area contributed by atoms with Crippen LogP contribution in [0.1, 0.15) is 64.8 Å². The van der Waals surface area contributed by atoms with Crippen molar-refractivity contribution in [1.82, 2.24) is 9.97 Å². The maximum absolute atomic E-state index is 12.5. The zero-order chi connectivity index (χ0) is 26.8. The molecule has 0 radical (unpaired) electrons. The van der Waals surface area contributed by atoms with Crippen molar-refractivity contribution in [2.24, 2.45) is 5.92 Å². The van der Waals surface area contributed by atoms with E-state index in [4.69, 9.17) is 18.9 Å². The van der Waals surface area contributed by atoms with Gasteiger partial charge in [-0.05, 0) is 45.7 Å². The number of carboxylic acids is 1. The smallest absolute Gasteiger partial charge is 0.337 e. The fourth-order valence-electron chi connectivity index (χ4n) is 4.78. The van der Waals surface area contributed by atoms with E-state index in [0.717, 1.165) is 11.3 Å². The van der Waals surface area contributed by atoms with E-state index < -0.39 is 23.5 Å². The highest BCUT2D eigenvalue weighted by Crippen LogP contribution is 2.43. The first-order valence-electron chi connectivity index (χ1n) is 13.0. The van der Waals surface area contributed by atoms with E-state index in [1.807, 2.05) is 39.8 Å². The van der Waals surface area contributed by atoms with Crippen molar-refractivity contribution in [1.29, 1.82) is 0 Å². The Morgan fingerprint density at radius 3 is 2.35 bits per heavy atom. The topological polar surface area (TPSA) is 103 Å². The number of aromatic nitrogens is 2. The summed E-state index contributed by atoms with van der Waals surface area (Å²) in [5, 5.41) is 10.3. The van der Waals surface area contributed by atoms with Crippen LogP contribution in [0.15, 0.2) is 24.5 Å². The summed E-state index contributed by atoms with van der Waals surface area (Å²) in [7, 11) is 0. The van der Waals surface area contributed by atoms with Crippen molar-refractivity contribution in [3.63, 3.8) is 0 Å². The SMILES string of the molecule is Cc1ncc(-c2ccc(OCC(C)C)cn2)c(N2CCC3(CC2)OCCO3)c1[C@H](OC(C)(C)C)C(=O)O. The average molecular weight is 514 g/mol. The molecule has 37 heavy (non-hydrogen) atoms. The number of nitrogens with zero attached hydrogens (tertiary/aromatic N) is 3. The third-order valence-electron chi connectivity index (χ3n) is 6.50. The molecule has 2 saturated heterocycles. The highest BCUT2D eigenvalue weighted by atomic mass is 16.7. The predicted molar refractivity (Wildman–Crippen MR) is 140 cm³/mol. The minimum atomic E-state index is -1.19. The van der Waals surface area contributed by atoms with Gasteiger partial charge in [-0.25, -0.2) is 4.79 Å². The van der Waals surface area contributed by atoms with Gasteiger partial charge in [0.2, 0.25) is 0 Å². The zero-order valence-corrected chi connectivity index (χ0v) is 22.7. The highest BCUT2D eigenvalue weighted by molar-refractivity contribution is 5.85. The number of hydrogen-bond acceptors (Lipinski definition) is 8. The molecule has 2 aliphatic heterocycles. The number of aryl methyl sites for hydroxylation is 1. The van der Waals surface area contributed by atoms with Crippen LogP contribution < -0.4 is 9.64 Å². The van der Waals surface area contributed by atoms with E-state index in [9.17, 15) is 9.90 Å². The molecular formula is C28H39N3O6. The van der Waals surface area contributed by atoms with Crippen molar-refractivity contribution in [3.8, 4) is 17.0 Å². The van der Waals surface area contributed by atoms with Gasteiger partial charge in [0, 0.05) is 48.9 Å². The van der Waals surface area contributed by atoms with E-state index in [-0.39, 0.29) is 0 Å². The minimum absolute atomic E-state index is 0.404. The molecule has 2 aromatic rings. The normalized spacial score (nSPS) is 18.4. The summed E-state index contributed by atoms with van der Waals surface area (Å²) >= 11 is 0. The van der Waals surface area contributed by atoms with Crippen LogP contribution in [-0.4, -0.2) is 65.3 Å². The summed E-state index contributed by atoms with van der Waals surface area (Å²) in [5.41, 5.74) is 2.71. The molecule has 1 atom stereocenters. The van der Waals surface area contributed by atoms with E-state index in [2.05, 4.69) is 28.7 Å². The number of carbonyl (C=O) groups is 1. The van der Waals surface area contributed by atoms with Gasteiger partial charge in [-0.2, -0.15) is 0 Å². The molecule has 1 spiro atoms. The molecule has 0 saturated carbocycles. The fraction of sp³-hybridized carbons (Fsp3) is 0.607. The zero-order valence-electron chi connectivity index (χ0n) is 22.7. The molecule has 2 fully saturated rings. The molecular weight excluding hydrogens is 474 g/mol. The summed E-state index contributed by atoms with van der Waals surface area (Å²) in [6, 6.07) is 3.78. The Morgan fingerprint density at radius 1 is 1.14 bits per heavy atom. The second kappa shape index (κ2) is 10.9. The largest absolute Gasteiger partial charge is 0.492 e. The Morgan fingerprint density at radius 2 is 1.81 bits per heavy atom. The second-order valence-electron chi connectivity index (χ2n) is 11.1. The molecule has 9 heteroatoms. The fourth-order valence-corrected chi connectivity index (χ4v) is 4.78. The lowest BCUT2D eigenvalue weighted by molar-refractivity contribution is -0.169. The van der Waals surface area contributed by atoms with Crippen LogP contribution in [0.3, 0.4) is 0 Å². The summed E-state index contributed by atoms with van der Waals surface area (Å²) in [6.45, 7) is 14.7. The summed E-state index contributed by atoms with van der Waals surface area (Å²) in [5.74, 6) is -0.518. The van der Waals surface area contributed by atoms with Gasteiger partial charge >= 0.3 is 5.97 Å². The van der Waals surface area contributed by atoms with Crippen molar-refractivity contribution in [2.75, 3.05) is 37.8 Å². The van der Waals surface area contributed by atoms with Crippen molar-refractivity contribution < 1.29 is 28.8 Å². The Balaban J connectivity index is 1.78. The lowest BCUT2D eigenvalue weighted by Crippen LogP contribution is -2.46. The lowest BCUT2D eigenvalue weighted by Gasteiger charge is -2.41. The number of ether oxygens (including phenoxy) is 4. The molecule has 4 rings (SSSR count). The summed E-state index contributed by atoms with van der Waals surface area (Å²) in [6.07, 6.45) is 3.65. The monoisotopic (exact) mass is 513 g/mol. The van der Waals surface area contributed by atoms with Gasteiger partial charge < -0.3 is 29.0 Å². The Hall–Kier alpha value is -2.75. The molecule has 0 aromatic carbocycles. The first kappa shape index (κ1) is 27.3. The van der Waals surface area contributed by atoms with Crippen LogP contribution in [0.4, 0.5) is 5.69 Å². The van der Waals surface area contributed by atoms with Crippen LogP contribution in [-0.2, 0) is 19.0 Å². The maximum Gasteiger partial charge on any atom is 0.337 e. The van der Waals surface area contributed by atoms with Gasteiger partial charge in [0.15, 0.2) is 11.9 Å². The van der Waals surface area contributed by atoms with Gasteiger partial charge in [0.1, 0.15) is 5.75 Å². The number of anilines is 1. The molecule has 202 valence electrons. The molecule has 2 aliphatic rings. The quantitative estimate of drug-likeness (QED) is 0.534. The van der Waals surface area contributed by atoms with Gasteiger partial charge in [0.05, 0.1) is 43.0 Å². The van der Waals surface area contributed by atoms with Gasteiger partial charge in [-0.15, -0.1) is 0 Å². The van der Waals surface area contributed by atoms with Crippen LogP contribution >= 0.6 is 0 Å². The van der Waals surface area contributed by atoms with E-state index in [0.29, 0.717) is 74.4 Å². The average Bonchev–Trinajstić information content (AvgIpc) is 3.29. The standard InChI is InChI=1S/C28H39N3O6/c1-18(2)17-34-20-7-8-22(30-15-20)21-16-29-19(3)23(25(26(32)33)37-27(4,5)6)24(21)31-11-9-28(10-12-31)35-13-14-36-28/h7-8,15-16,18,25H,9-14,17H2,1-6H3,(H,32,33)/t25-/m0/s1. The third kappa shape index (κ3) is 6.40. The van der Waals surface area contributed by atoms with Crippen LogP contribution in [0.25, 0.3) is 11.3 Å². The maximum atomic E-state index is 12.5. The molecule has 0 aliphatic carbocycles. The van der Waals surface area contributed by atoms with E-state index in [1.165, 1.54) is 0 Å². The van der Waals surface area contributed by atoms with Gasteiger partial charge in [0.25, 0.3) is 0 Å². The molecule has 4 heterocycles. The van der Waals surface area contributed by atoms with Crippen LogP contribution in [0.2, 0.25) is 0 Å². The molecule has 0 unspecified atom stereocenters. The van der Waals surface area contributed by atoms with Crippen LogP contribution in [0, 0.1) is 12.8 Å². The van der Waals surface area contributed by atoms with Crippen molar-refractivity contribution in [2.45, 2.75) is 71.9 Å². The predicted octanol–water partition coefficient (Wildman–Crippen LogP) is 4.77. The molecule has 9 nitrogen and oxygen atoms in total. The number of aliphatic carboxylic acids is 1.